The van der Waals surface area contributed by atoms with Gasteiger partial charge in [0, 0.05) is 12.6 Å². The summed E-state index contributed by atoms with van der Waals surface area (Å²) in [7, 11) is 1.48. The van der Waals surface area contributed by atoms with Gasteiger partial charge in [0.25, 0.3) is 0 Å². The van der Waals surface area contributed by atoms with Gasteiger partial charge in [0.15, 0.2) is 0 Å². The third kappa shape index (κ3) is 6.22. The van der Waals surface area contributed by atoms with E-state index in [1.165, 1.54) is 19.2 Å². The molecule has 1 aromatic rings. The van der Waals surface area contributed by atoms with E-state index in [-0.39, 0.29) is 5.82 Å². The highest BCUT2D eigenvalue weighted by Crippen LogP contribution is 2.16. The highest BCUT2D eigenvalue weighted by molar-refractivity contribution is 5.68. The van der Waals surface area contributed by atoms with Crippen molar-refractivity contribution < 1.29 is 18.7 Å². The summed E-state index contributed by atoms with van der Waals surface area (Å²) in [6.45, 7) is 5.68. The smallest absolute Gasteiger partial charge is 0.407 e. The van der Waals surface area contributed by atoms with Gasteiger partial charge in [-0.1, -0.05) is 12.2 Å². The number of carbonyl (C=O) groups is 1. The molecule has 1 aromatic carbocycles. The lowest BCUT2D eigenvalue weighted by Crippen LogP contribution is -2.32. The Labute approximate surface area is 118 Å². The van der Waals surface area contributed by atoms with E-state index < -0.39 is 11.7 Å². The monoisotopic (exact) mass is 281 g/mol. The molecule has 1 amide bonds. The molecule has 110 valence electrons. The summed E-state index contributed by atoms with van der Waals surface area (Å²) in [4.78, 5) is 11.4. The van der Waals surface area contributed by atoms with Gasteiger partial charge >= 0.3 is 6.09 Å². The summed E-state index contributed by atoms with van der Waals surface area (Å²) in [5, 5.41) is 2.58. The maximum atomic E-state index is 13.2. The van der Waals surface area contributed by atoms with Gasteiger partial charge < -0.3 is 14.8 Å². The fraction of sp³-hybridized carbons (Fsp3) is 0.400. The second-order valence-electron chi connectivity index (χ2n) is 5.21. The van der Waals surface area contributed by atoms with Crippen LogP contribution in [0.4, 0.5) is 9.18 Å². The molecule has 0 heterocycles. The summed E-state index contributed by atoms with van der Waals surface area (Å²) in [6.07, 6.45) is 2.92. The Kier molecular flexibility index (Phi) is 5.55. The van der Waals surface area contributed by atoms with Gasteiger partial charge in [-0.3, -0.25) is 0 Å². The largest absolute Gasteiger partial charge is 0.497 e. The third-order valence-electron chi connectivity index (χ3n) is 2.20. The Morgan fingerprint density at radius 1 is 1.35 bits per heavy atom. The second-order valence-corrected chi connectivity index (χ2v) is 5.21. The number of hydrogen-bond donors (Lipinski definition) is 1. The van der Waals surface area contributed by atoms with E-state index in [4.69, 9.17) is 9.47 Å². The molecule has 0 spiro atoms. The van der Waals surface area contributed by atoms with Gasteiger partial charge in [0.05, 0.1) is 7.11 Å². The van der Waals surface area contributed by atoms with E-state index in [2.05, 4.69) is 5.32 Å². The number of methoxy groups -OCH3 is 1. The average molecular weight is 281 g/mol. The summed E-state index contributed by atoms with van der Waals surface area (Å²) in [6, 6.07) is 4.38. The Morgan fingerprint density at radius 2 is 2.05 bits per heavy atom. The molecule has 20 heavy (non-hydrogen) atoms. The van der Waals surface area contributed by atoms with Crippen LogP contribution in [-0.2, 0) is 4.74 Å². The molecule has 0 atom stereocenters. The Hall–Kier alpha value is -2.04. The van der Waals surface area contributed by atoms with Crippen molar-refractivity contribution in [3.8, 4) is 5.75 Å². The fourth-order valence-corrected chi connectivity index (χ4v) is 1.45. The molecule has 0 saturated carbocycles. The van der Waals surface area contributed by atoms with Gasteiger partial charge in [-0.05, 0) is 38.5 Å². The highest BCUT2D eigenvalue weighted by Gasteiger charge is 2.14. The first-order chi connectivity index (χ1) is 9.30. The zero-order chi connectivity index (χ0) is 15.2. The van der Waals surface area contributed by atoms with Gasteiger partial charge in [-0.2, -0.15) is 0 Å². The number of halogens is 1. The molecule has 0 unspecified atom stereocenters. The third-order valence-corrected chi connectivity index (χ3v) is 2.20. The van der Waals surface area contributed by atoms with E-state index in [0.717, 1.165) is 0 Å². The average Bonchev–Trinajstić information content (AvgIpc) is 2.32. The predicted octanol–water partition coefficient (Wildman–Crippen LogP) is 3.37. The van der Waals surface area contributed by atoms with Crippen molar-refractivity contribution in [2.24, 2.45) is 0 Å². The van der Waals surface area contributed by atoms with E-state index in [9.17, 15) is 9.18 Å². The standard InChI is InChI=1S/C15H20FNO3/c1-15(2,3)20-14(18)17-7-5-6-11-8-12(16)10-13(9-11)19-4/h5-6,8-10H,7H2,1-4H3,(H,17,18). The van der Waals surface area contributed by atoms with Crippen molar-refractivity contribution >= 4 is 12.2 Å². The van der Waals surface area contributed by atoms with Crippen LogP contribution in [-0.4, -0.2) is 25.3 Å². The molecule has 5 heteroatoms. The van der Waals surface area contributed by atoms with Gasteiger partial charge in [-0.25, -0.2) is 9.18 Å². The van der Waals surface area contributed by atoms with Crippen LogP contribution >= 0.6 is 0 Å². The first kappa shape index (κ1) is 16.0. The van der Waals surface area contributed by atoms with Gasteiger partial charge in [0.1, 0.15) is 17.2 Å². The Balaban J connectivity index is 2.49. The molecule has 0 aliphatic rings. The van der Waals surface area contributed by atoms with Crippen molar-refractivity contribution in [2.75, 3.05) is 13.7 Å². The number of ether oxygens (including phenoxy) is 2. The molecular weight excluding hydrogens is 261 g/mol. The number of carbonyl (C=O) groups excluding carboxylic acids is 1. The lowest BCUT2D eigenvalue weighted by Gasteiger charge is -2.19. The minimum atomic E-state index is -0.524. The number of benzene rings is 1. The molecule has 0 aromatic heterocycles. The van der Waals surface area contributed by atoms with Crippen LogP contribution in [0.2, 0.25) is 0 Å². The molecule has 4 nitrogen and oxygen atoms in total. The minimum absolute atomic E-state index is 0.299. The van der Waals surface area contributed by atoms with Crippen molar-refractivity contribution in [3.63, 3.8) is 0 Å². The van der Waals surface area contributed by atoms with Crippen LogP contribution in [0, 0.1) is 5.82 Å². The van der Waals surface area contributed by atoms with Crippen LogP contribution in [0.5, 0.6) is 5.75 Å². The molecule has 0 aliphatic carbocycles. The van der Waals surface area contributed by atoms with E-state index in [1.54, 1.807) is 39.0 Å². The van der Waals surface area contributed by atoms with Crippen molar-refractivity contribution in [3.05, 3.63) is 35.7 Å². The number of rotatable bonds is 4. The maximum Gasteiger partial charge on any atom is 0.407 e. The van der Waals surface area contributed by atoms with Crippen molar-refractivity contribution in [1.29, 1.82) is 0 Å². The Bertz CT molecular complexity index is 492. The summed E-state index contributed by atoms with van der Waals surface area (Å²) < 4.78 is 23.3. The normalized spacial score (nSPS) is 11.4. The predicted molar refractivity (Wildman–Crippen MR) is 76.2 cm³/mol. The lowest BCUT2D eigenvalue weighted by molar-refractivity contribution is 0.0534. The first-order valence-corrected chi connectivity index (χ1v) is 6.28. The number of amides is 1. The minimum Gasteiger partial charge on any atom is -0.497 e. The second kappa shape index (κ2) is 6.93. The SMILES string of the molecule is COc1cc(F)cc(C=CCNC(=O)OC(C)(C)C)c1. The molecule has 0 bridgehead atoms. The van der Waals surface area contributed by atoms with E-state index >= 15 is 0 Å². The summed E-state index contributed by atoms with van der Waals surface area (Å²) in [5.74, 6) is 0.0776. The van der Waals surface area contributed by atoms with Crippen LogP contribution in [0.25, 0.3) is 6.08 Å². The topological polar surface area (TPSA) is 47.6 Å². The molecular formula is C15H20FNO3. The Morgan fingerprint density at radius 3 is 2.65 bits per heavy atom. The van der Waals surface area contributed by atoms with Gasteiger partial charge in [-0.15, -0.1) is 0 Å². The zero-order valence-electron chi connectivity index (χ0n) is 12.2. The molecule has 0 fully saturated rings. The van der Waals surface area contributed by atoms with Crippen LogP contribution in [0.3, 0.4) is 0 Å². The zero-order valence-corrected chi connectivity index (χ0v) is 12.2. The van der Waals surface area contributed by atoms with Crippen molar-refractivity contribution in [1.82, 2.24) is 5.32 Å². The number of nitrogens with one attached hydrogen (secondary N) is 1. The maximum absolute atomic E-state index is 13.2. The molecule has 1 rings (SSSR count). The molecule has 1 N–H and O–H groups in total. The summed E-state index contributed by atoms with van der Waals surface area (Å²) in [5.41, 5.74) is 0.136. The van der Waals surface area contributed by atoms with Crippen LogP contribution in [0.15, 0.2) is 24.3 Å². The van der Waals surface area contributed by atoms with Crippen molar-refractivity contribution in [2.45, 2.75) is 26.4 Å². The number of hydrogen-bond acceptors (Lipinski definition) is 3. The molecule has 0 aliphatic heterocycles. The van der Waals surface area contributed by atoms with Crippen LogP contribution in [0.1, 0.15) is 26.3 Å². The lowest BCUT2D eigenvalue weighted by atomic mass is 10.2. The molecule has 0 saturated heterocycles. The first-order valence-electron chi connectivity index (χ1n) is 6.28. The quantitative estimate of drug-likeness (QED) is 0.920. The highest BCUT2D eigenvalue weighted by atomic mass is 19.1. The summed E-state index contributed by atoms with van der Waals surface area (Å²) >= 11 is 0. The molecule has 0 radical (unpaired) electrons. The van der Waals surface area contributed by atoms with E-state index in [0.29, 0.717) is 17.9 Å². The fourth-order valence-electron chi connectivity index (χ4n) is 1.45. The van der Waals surface area contributed by atoms with Crippen LogP contribution < -0.4 is 10.1 Å². The number of alkyl carbamates (subject to hydrolysis) is 1. The van der Waals surface area contributed by atoms with E-state index in [1.807, 2.05) is 0 Å². The van der Waals surface area contributed by atoms with Gasteiger partial charge in [0.2, 0.25) is 0 Å².